The molecule has 244 valence electrons. The van der Waals surface area contributed by atoms with E-state index in [0.29, 0.717) is 6.92 Å². The normalized spacial score (nSPS) is 16.1. The fourth-order valence-corrected chi connectivity index (χ4v) is 4.13. The van der Waals surface area contributed by atoms with Gasteiger partial charge < -0.3 is 4.74 Å². The zero-order valence-corrected chi connectivity index (χ0v) is 21.1. The Hall–Kier alpha value is -2.07. The van der Waals surface area contributed by atoms with Crippen molar-refractivity contribution in [3.8, 4) is 0 Å². The molecule has 0 aromatic rings. The predicted octanol–water partition coefficient (Wildman–Crippen LogP) is 6.85. The van der Waals surface area contributed by atoms with Crippen LogP contribution in [0.2, 0.25) is 0 Å². The number of esters is 1. The molecule has 0 aromatic heterocycles. The molecule has 0 rings (SSSR count). The van der Waals surface area contributed by atoms with Crippen LogP contribution >= 0.6 is 0 Å². The number of carbonyl (C=O) groups is 1. The molecule has 0 radical (unpaired) electrons. The van der Waals surface area contributed by atoms with Gasteiger partial charge in [-0.3, -0.25) is 0 Å². The SMILES string of the molecule is C=C(C)C(=O)OC(C)N(CCCC)S(=O)(=O)C(F)(F)C(F)(F)C(F)(F)C(F)(F)C(F)(F)C(F)(F)C(F)(F)C(F)(F)F. The summed E-state index contributed by atoms with van der Waals surface area (Å²) in [5, 5.41) is -7.75. The standard InChI is InChI=1S/C18H18F17NO4S/c1-5-6-7-36(9(4)40-10(37)8(2)3)41(38,39)18(34,35)16(29,30)14(25,26)12(21,22)11(19,20)13(23,24)15(27,28)17(31,32)33/h9H,2,5-7H2,1,3-4H3. The quantitative estimate of drug-likeness (QED) is 0.0881. The predicted molar refractivity (Wildman–Crippen MR) is 102 cm³/mol. The topological polar surface area (TPSA) is 63.7 Å². The van der Waals surface area contributed by atoms with Crippen molar-refractivity contribution in [1.82, 2.24) is 4.31 Å². The van der Waals surface area contributed by atoms with Gasteiger partial charge in [0.2, 0.25) is 0 Å². The van der Waals surface area contributed by atoms with Gasteiger partial charge in [-0.15, -0.1) is 0 Å². The molecule has 0 aliphatic heterocycles. The van der Waals surface area contributed by atoms with Gasteiger partial charge in [-0.05, 0) is 20.3 Å². The smallest absolute Gasteiger partial charge is 0.442 e. The van der Waals surface area contributed by atoms with E-state index >= 15 is 0 Å². The Balaban J connectivity index is 7.16. The van der Waals surface area contributed by atoms with Gasteiger partial charge in [0.05, 0.1) is 0 Å². The van der Waals surface area contributed by atoms with Crippen LogP contribution in [0.25, 0.3) is 0 Å². The first kappa shape index (κ1) is 38.9. The minimum atomic E-state index is -8.94. The van der Waals surface area contributed by atoms with Crippen molar-refractivity contribution < 1.29 is 92.6 Å². The summed E-state index contributed by atoms with van der Waals surface area (Å²) >= 11 is 0. The molecule has 0 saturated carbocycles. The van der Waals surface area contributed by atoms with Crippen LogP contribution < -0.4 is 0 Å². The summed E-state index contributed by atoms with van der Waals surface area (Å²) in [5.74, 6) is -53.8. The Bertz CT molecular complexity index is 1090. The molecule has 0 N–H and O–H groups in total. The number of nitrogens with zero attached hydrogens (tertiary/aromatic N) is 1. The third kappa shape index (κ3) is 5.79. The van der Waals surface area contributed by atoms with E-state index in [1.54, 1.807) is 0 Å². The number of ether oxygens (including phenoxy) is 1. The fraction of sp³-hybridized carbons (Fsp3) is 0.833. The Labute approximate surface area is 219 Å². The highest BCUT2D eigenvalue weighted by Crippen LogP contribution is 2.64. The monoisotopic (exact) mass is 667 g/mol. The van der Waals surface area contributed by atoms with Crippen molar-refractivity contribution in [2.45, 2.75) is 86.8 Å². The van der Waals surface area contributed by atoms with Crippen LogP contribution in [-0.4, -0.2) is 78.4 Å². The van der Waals surface area contributed by atoms with Crippen LogP contribution in [0.3, 0.4) is 0 Å². The Morgan fingerprint density at radius 2 is 1.07 bits per heavy atom. The molecule has 0 amide bonds. The van der Waals surface area contributed by atoms with E-state index in [1.807, 2.05) is 0 Å². The maximum absolute atomic E-state index is 14.5. The molecule has 41 heavy (non-hydrogen) atoms. The van der Waals surface area contributed by atoms with Gasteiger partial charge in [-0.25, -0.2) is 13.2 Å². The largest absolute Gasteiger partial charge is 0.460 e. The second-order valence-corrected chi connectivity index (χ2v) is 10.1. The van der Waals surface area contributed by atoms with Gasteiger partial charge in [-0.1, -0.05) is 19.9 Å². The van der Waals surface area contributed by atoms with Crippen LogP contribution in [0.1, 0.15) is 33.6 Å². The summed E-state index contributed by atoms with van der Waals surface area (Å²) in [7, 11) is -7.61. The van der Waals surface area contributed by atoms with Crippen molar-refractivity contribution in [2.75, 3.05) is 6.54 Å². The van der Waals surface area contributed by atoms with Crippen LogP contribution in [0.4, 0.5) is 74.6 Å². The molecule has 1 unspecified atom stereocenters. The minimum absolute atomic E-state index is 0.224. The highest BCUT2D eigenvalue weighted by molar-refractivity contribution is 7.90. The first-order chi connectivity index (χ1) is 17.7. The molecule has 0 bridgehead atoms. The third-order valence-corrected chi connectivity index (χ3v) is 7.09. The average Bonchev–Trinajstić information content (AvgIpc) is 2.77. The van der Waals surface area contributed by atoms with Crippen molar-refractivity contribution in [3.05, 3.63) is 12.2 Å². The Morgan fingerprint density at radius 3 is 1.39 bits per heavy atom. The number of hydrogen-bond acceptors (Lipinski definition) is 4. The van der Waals surface area contributed by atoms with Crippen LogP contribution in [-0.2, 0) is 19.6 Å². The van der Waals surface area contributed by atoms with Gasteiger partial charge in [0.1, 0.15) is 0 Å². The highest BCUT2D eigenvalue weighted by atomic mass is 32.2. The molecule has 5 nitrogen and oxygen atoms in total. The molecule has 1 atom stereocenters. The summed E-state index contributed by atoms with van der Waals surface area (Å²) in [6, 6.07) is 0. The van der Waals surface area contributed by atoms with Crippen molar-refractivity contribution >= 4 is 16.0 Å². The fourth-order valence-electron chi connectivity index (χ4n) is 2.58. The number of hydrogen-bond donors (Lipinski definition) is 0. The molecule has 0 fully saturated rings. The molecule has 0 aromatic carbocycles. The summed E-state index contributed by atoms with van der Waals surface area (Å²) in [5.41, 5.74) is -0.605. The maximum Gasteiger partial charge on any atom is 0.460 e. The number of carbonyl (C=O) groups excluding carboxylic acids is 1. The van der Waals surface area contributed by atoms with Gasteiger partial charge in [-0.2, -0.15) is 78.9 Å². The second-order valence-electron chi connectivity index (χ2n) is 8.22. The van der Waals surface area contributed by atoms with Crippen LogP contribution in [0, 0.1) is 0 Å². The minimum Gasteiger partial charge on any atom is -0.442 e. The van der Waals surface area contributed by atoms with E-state index in [2.05, 4.69) is 11.3 Å². The molecule has 0 aliphatic rings. The molecular weight excluding hydrogens is 649 g/mol. The maximum atomic E-state index is 14.5. The first-order valence-corrected chi connectivity index (χ1v) is 11.7. The van der Waals surface area contributed by atoms with E-state index in [4.69, 9.17) is 0 Å². The zero-order valence-electron chi connectivity index (χ0n) is 20.3. The highest BCUT2D eigenvalue weighted by Gasteiger charge is 2.96. The number of sulfonamides is 1. The van der Waals surface area contributed by atoms with Crippen LogP contribution in [0.5, 0.6) is 0 Å². The lowest BCUT2D eigenvalue weighted by molar-refractivity contribution is -0.458. The Morgan fingerprint density at radius 1 is 0.732 bits per heavy atom. The molecule has 23 heteroatoms. The summed E-state index contributed by atoms with van der Waals surface area (Å²) in [4.78, 5) is 11.6. The van der Waals surface area contributed by atoms with E-state index in [-0.39, 0.29) is 6.42 Å². The van der Waals surface area contributed by atoms with Gasteiger partial charge >= 0.3 is 52.9 Å². The molecule has 0 spiro atoms. The molecule has 0 saturated heterocycles. The van der Waals surface area contributed by atoms with Gasteiger partial charge in [0, 0.05) is 12.1 Å². The lowest BCUT2D eigenvalue weighted by atomic mass is 9.91. The van der Waals surface area contributed by atoms with Crippen LogP contribution in [0.15, 0.2) is 12.2 Å². The first-order valence-electron chi connectivity index (χ1n) is 10.3. The number of unbranched alkanes of at least 4 members (excludes halogenated alkanes) is 1. The lowest BCUT2D eigenvalue weighted by Gasteiger charge is -2.43. The summed E-state index contributed by atoms with van der Waals surface area (Å²) in [6.07, 6.45) is -11.5. The lowest BCUT2D eigenvalue weighted by Crippen LogP contribution is -2.75. The number of rotatable bonds is 14. The summed E-state index contributed by atoms with van der Waals surface area (Å²) in [6.45, 7) is 3.87. The zero-order chi connectivity index (χ0) is 33.6. The number of halogens is 17. The van der Waals surface area contributed by atoms with E-state index < -0.39 is 92.0 Å². The van der Waals surface area contributed by atoms with Crippen molar-refractivity contribution in [2.24, 2.45) is 0 Å². The molecular formula is C18H18F17NO4S. The van der Waals surface area contributed by atoms with E-state index in [9.17, 15) is 87.8 Å². The average molecular weight is 667 g/mol. The molecule has 0 heterocycles. The molecule has 0 aliphatic carbocycles. The van der Waals surface area contributed by atoms with E-state index in [0.717, 1.165) is 6.92 Å². The third-order valence-electron chi connectivity index (χ3n) is 5.09. The number of alkyl halides is 17. The summed E-state index contributed by atoms with van der Waals surface area (Å²) < 4.78 is 257. The van der Waals surface area contributed by atoms with E-state index in [1.165, 1.54) is 6.92 Å². The van der Waals surface area contributed by atoms with Crippen molar-refractivity contribution in [1.29, 1.82) is 0 Å². The second kappa shape index (κ2) is 11.2. The van der Waals surface area contributed by atoms with Crippen molar-refractivity contribution in [3.63, 3.8) is 0 Å². The van der Waals surface area contributed by atoms with Gasteiger partial charge in [0.25, 0.3) is 10.0 Å². The Kier molecular flexibility index (Phi) is 10.6. The van der Waals surface area contributed by atoms with Gasteiger partial charge in [0.15, 0.2) is 6.23 Å².